The van der Waals surface area contributed by atoms with E-state index in [1.54, 1.807) is 0 Å². The van der Waals surface area contributed by atoms with Crippen LogP contribution in [0.25, 0.3) is 6.08 Å². The van der Waals surface area contributed by atoms with Crippen LogP contribution >= 0.6 is 15.9 Å². The third kappa shape index (κ3) is 3.97. The first-order chi connectivity index (χ1) is 9.85. The molecule has 0 radical (unpaired) electrons. The van der Waals surface area contributed by atoms with Gasteiger partial charge in [0.2, 0.25) is 0 Å². The topological polar surface area (TPSA) is 9.23 Å². The second kappa shape index (κ2) is 7.91. The number of para-hydroxylation sites is 1. The van der Waals surface area contributed by atoms with Gasteiger partial charge in [0.25, 0.3) is 0 Å². The van der Waals surface area contributed by atoms with Gasteiger partial charge in [0.1, 0.15) is 5.75 Å². The highest BCUT2D eigenvalue weighted by Gasteiger charge is 2.11. The quantitative estimate of drug-likeness (QED) is 0.655. The molecule has 0 spiro atoms. The number of halogens is 1. The van der Waals surface area contributed by atoms with E-state index in [4.69, 9.17) is 4.74 Å². The fourth-order valence-electron chi connectivity index (χ4n) is 2.07. The molecule has 1 unspecified atom stereocenters. The van der Waals surface area contributed by atoms with Gasteiger partial charge < -0.3 is 4.74 Å². The van der Waals surface area contributed by atoms with Crippen molar-refractivity contribution >= 4 is 22.0 Å². The number of hydrogen-bond acceptors (Lipinski definition) is 1. The summed E-state index contributed by atoms with van der Waals surface area (Å²) in [6.07, 6.45) is 4.10. The van der Waals surface area contributed by atoms with E-state index >= 15 is 0 Å². The zero-order valence-electron chi connectivity index (χ0n) is 11.6. The summed E-state index contributed by atoms with van der Waals surface area (Å²) >= 11 is 3.58. The Hall–Kier alpha value is -1.54. The zero-order chi connectivity index (χ0) is 14.2. The molecule has 0 N–H and O–H groups in total. The molecule has 1 atom stereocenters. The average Bonchev–Trinajstić information content (AvgIpc) is 2.51. The molecule has 0 amide bonds. The Labute approximate surface area is 129 Å². The number of benzene rings is 2. The predicted molar refractivity (Wildman–Crippen MR) is 89.6 cm³/mol. The minimum Gasteiger partial charge on any atom is -0.492 e. The lowest BCUT2D eigenvalue weighted by Crippen LogP contribution is -2.12. The molecule has 0 heterocycles. The van der Waals surface area contributed by atoms with Gasteiger partial charge in [-0.15, -0.1) is 0 Å². The average molecular weight is 331 g/mol. The van der Waals surface area contributed by atoms with Gasteiger partial charge in [0.05, 0.1) is 6.61 Å². The Balaban J connectivity index is 2.07. The van der Waals surface area contributed by atoms with Gasteiger partial charge in [0.15, 0.2) is 0 Å². The summed E-state index contributed by atoms with van der Waals surface area (Å²) in [6.45, 7) is 2.69. The highest BCUT2D eigenvalue weighted by atomic mass is 79.9. The number of ether oxygens (including phenoxy) is 1. The lowest BCUT2D eigenvalue weighted by Gasteiger charge is -2.16. The summed E-state index contributed by atoms with van der Waals surface area (Å²) in [5.74, 6) is 1.29. The van der Waals surface area contributed by atoms with Gasteiger partial charge in [0, 0.05) is 16.8 Å². The Kier molecular flexibility index (Phi) is 5.87. The van der Waals surface area contributed by atoms with Crippen LogP contribution in [0, 0.1) is 0 Å². The van der Waals surface area contributed by atoms with Crippen molar-refractivity contribution in [2.45, 2.75) is 12.8 Å². The van der Waals surface area contributed by atoms with Crippen molar-refractivity contribution in [1.82, 2.24) is 0 Å². The van der Waals surface area contributed by atoms with Crippen LogP contribution in [0.2, 0.25) is 0 Å². The van der Waals surface area contributed by atoms with Gasteiger partial charge >= 0.3 is 0 Å². The van der Waals surface area contributed by atoms with Crippen LogP contribution in [-0.4, -0.2) is 11.9 Å². The van der Waals surface area contributed by atoms with Crippen molar-refractivity contribution in [2.24, 2.45) is 0 Å². The monoisotopic (exact) mass is 330 g/mol. The summed E-state index contributed by atoms with van der Waals surface area (Å²) in [4.78, 5) is 0. The predicted octanol–water partition coefficient (Wildman–Crippen LogP) is 5.28. The molecule has 0 aliphatic rings. The Morgan fingerprint density at radius 1 is 1.05 bits per heavy atom. The van der Waals surface area contributed by atoms with Crippen molar-refractivity contribution in [1.29, 1.82) is 0 Å². The highest BCUT2D eigenvalue weighted by Crippen LogP contribution is 2.23. The molecule has 1 nitrogen and oxygen atoms in total. The molecule has 0 bridgehead atoms. The zero-order valence-corrected chi connectivity index (χ0v) is 13.2. The minimum atomic E-state index is 0.356. The third-order valence-corrected chi connectivity index (χ3v) is 3.94. The van der Waals surface area contributed by atoms with E-state index in [1.165, 1.54) is 5.56 Å². The fraction of sp³-hybridized carbons (Fsp3) is 0.222. The molecular formula is C18H19BrO. The van der Waals surface area contributed by atoms with Crippen LogP contribution in [0.15, 0.2) is 60.7 Å². The standard InChI is InChI=1S/C18H19BrO/c1-2-8-16-11-6-7-12-18(16)20-14-17(13-19)15-9-4-3-5-10-15/h2-12,17H,13-14H2,1H3. The van der Waals surface area contributed by atoms with Crippen molar-refractivity contribution in [3.63, 3.8) is 0 Å². The van der Waals surface area contributed by atoms with E-state index in [2.05, 4.69) is 52.3 Å². The minimum absolute atomic E-state index is 0.356. The first-order valence-corrected chi connectivity index (χ1v) is 7.92. The summed E-state index contributed by atoms with van der Waals surface area (Å²) in [5.41, 5.74) is 2.42. The van der Waals surface area contributed by atoms with E-state index in [9.17, 15) is 0 Å². The van der Waals surface area contributed by atoms with Crippen LogP contribution in [0.5, 0.6) is 5.75 Å². The van der Waals surface area contributed by atoms with Crippen LogP contribution in [-0.2, 0) is 0 Å². The molecule has 0 aromatic heterocycles. The second-order valence-electron chi connectivity index (χ2n) is 4.61. The lowest BCUT2D eigenvalue weighted by molar-refractivity contribution is 0.297. The van der Waals surface area contributed by atoms with E-state index < -0.39 is 0 Å². The van der Waals surface area contributed by atoms with Crippen molar-refractivity contribution < 1.29 is 4.74 Å². The number of rotatable bonds is 6. The van der Waals surface area contributed by atoms with Crippen LogP contribution in [0.3, 0.4) is 0 Å². The number of hydrogen-bond donors (Lipinski definition) is 0. The van der Waals surface area contributed by atoms with E-state index in [-0.39, 0.29) is 0 Å². The van der Waals surface area contributed by atoms with Crippen LogP contribution in [0.4, 0.5) is 0 Å². The molecule has 0 saturated heterocycles. The fourth-order valence-corrected chi connectivity index (χ4v) is 2.64. The maximum atomic E-state index is 6.02. The molecule has 0 saturated carbocycles. The van der Waals surface area contributed by atoms with Crippen molar-refractivity contribution in [2.75, 3.05) is 11.9 Å². The Morgan fingerprint density at radius 3 is 2.45 bits per heavy atom. The van der Waals surface area contributed by atoms with Gasteiger partial charge in [-0.1, -0.05) is 76.6 Å². The molecule has 2 heteroatoms. The van der Waals surface area contributed by atoms with Crippen LogP contribution in [0.1, 0.15) is 24.0 Å². The molecule has 2 aromatic carbocycles. The summed E-state index contributed by atoms with van der Waals surface area (Å²) in [6, 6.07) is 18.6. The largest absolute Gasteiger partial charge is 0.492 e. The second-order valence-corrected chi connectivity index (χ2v) is 5.26. The highest BCUT2D eigenvalue weighted by molar-refractivity contribution is 9.09. The van der Waals surface area contributed by atoms with Crippen LogP contribution < -0.4 is 4.74 Å². The van der Waals surface area contributed by atoms with Crippen molar-refractivity contribution in [3.05, 3.63) is 71.8 Å². The van der Waals surface area contributed by atoms with Gasteiger partial charge in [-0.2, -0.15) is 0 Å². The normalized spacial score (nSPS) is 12.5. The summed E-state index contributed by atoms with van der Waals surface area (Å²) in [7, 11) is 0. The third-order valence-electron chi connectivity index (χ3n) is 3.16. The maximum Gasteiger partial charge on any atom is 0.126 e. The molecule has 0 aliphatic carbocycles. The molecular weight excluding hydrogens is 312 g/mol. The number of allylic oxidation sites excluding steroid dienone is 1. The molecule has 104 valence electrons. The SMILES string of the molecule is CC=Cc1ccccc1OCC(CBr)c1ccccc1. The van der Waals surface area contributed by atoms with Gasteiger partial charge in [-0.05, 0) is 18.6 Å². The van der Waals surface area contributed by atoms with E-state index in [0.717, 1.165) is 16.6 Å². The molecule has 2 aromatic rings. The number of alkyl halides is 1. The first-order valence-electron chi connectivity index (χ1n) is 6.80. The molecule has 0 fully saturated rings. The first kappa shape index (κ1) is 14.9. The van der Waals surface area contributed by atoms with E-state index in [0.29, 0.717) is 12.5 Å². The molecule has 0 aliphatic heterocycles. The van der Waals surface area contributed by atoms with Gasteiger partial charge in [-0.3, -0.25) is 0 Å². The smallest absolute Gasteiger partial charge is 0.126 e. The Bertz CT molecular complexity index is 548. The summed E-state index contributed by atoms with van der Waals surface area (Å²) < 4.78 is 6.02. The van der Waals surface area contributed by atoms with Crippen molar-refractivity contribution in [3.8, 4) is 5.75 Å². The maximum absolute atomic E-state index is 6.02. The molecule has 20 heavy (non-hydrogen) atoms. The lowest BCUT2D eigenvalue weighted by atomic mass is 10.0. The van der Waals surface area contributed by atoms with E-state index in [1.807, 2.05) is 37.3 Å². The van der Waals surface area contributed by atoms with Gasteiger partial charge in [-0.25, -0.2) is 0 Å². The summed E-state index contributed by atoms with van der Waals surface area (Å²) in [5, 5.41) is 0.892. The molecule has 2 rings (SSSR count). The Morgan fingerprint density at radius 2 is 1.75 bits per heavy atom.